The van der Waals surface area contributed by atoms with Gasteiger partial charge < -0.3 is 14.4 Å². The number of benzene rings is 1. The molecule has 3 rings (SSSR count). The van der Waals surface area contributed by atoms with E-state index in [0.29, 0.717) is 6.61 Å². The fourth-order valence-corrected chi connectivity index (χ4v) is 3.87. The van der Waals surface area contributed by atoms with Gasteiger partial charge in [0.1, 0.15) is 6.61 Å². The maximum Gasteiger partial charge on any atom is 0.161 e. The molecule has 0 unspecified atom stereocenters. The Morgan fingerprint density at radius 2 is 2.08 bits per heavy atom. The number of fused-ring (bicyclic) bond motifs is 1. The first kappa shape index (κ1) is 17.3. The summed E-state index contributed by atoms with van der Waals surface area (Å²) in [6.45, 7) is 9.39. The molecule has 1 aromatic rings. The van der Waals surface area contributed by atoms with E-state index in [-0.39, 0.29) is 0 Å². The van der Waals surface area contributed by atoms with E-state index in [0.717, 1.165) is 30.0 Å². The molecule has 0 saturated carbocycles. The Morgan fingerprint density at radius 3 is 2.79 bits per heavy atom. The molecule has 4 nitrogen and oxygen atoms in total. The highest BCUT2D eigenvalue weighted by atomic mass is 16.5. The van der Waals surface area contributed by atoms with Crippen molar-refractivity contribution in [1.29, 1.82) is 0 Å². The Balaban J connectivity index is 1.61. The van der Waals surface area contributed by atoms with Gasteiger partial charge in [-0.05, 0) is 63.6 Å². The number of allylic oxidation sites excluding steroid dienone is 1. The number of likely N-dealkylation sites (N-methyl/N-ethyl adjacent to an activating group) is 1. The molecule has 2 aliphatic rings. The van der Waals surface area contributed by atoms with Crippen LogP contribution in [-0.2, 0) is 6.54 Å². The van der Waals surface area contributed by atoms with Gasteiger partial charge in [-0.2, -0.15) is 0 Å². The molecular formula is C20H30N2O2. The summed E-state index contributed by atoms with van der Waals surface area (Å²) in [5.74, 6) is 2.49. The van der Waals surface area contributed by atoms with E-state index < -0.39 is 0 Å². The largest absolute Gasteiger partial charge is 0.493 e. The maximum absolute atomic E-state index is 5.82. The molecule has 2 heterocycles. The molecule has 0 aromatic heterocycles. The Hall–Kier alpha value is -1.52. The normalized spacial score (nSPS) is 24.0. The summed E-state index contributed by atoms with van der Waals surface area (Å²) < 4.78 is 11.3. The summed E-state index contributed by atoms with van der Waals surface area (Å²) in [5.41, 5.74) is 2.55. The summed E-state index contributed by atoms with van der Waals surface area (Å²) >= 11 is 0. The first-order valence-corrected chi connectivity index (χ1v) is 8.92. The van der Waals surface area contributed by atoms with Crippen LogP contribution in [0.15, 0.2) is 29.8 Å². The molecule has 0 spiro atoms. The molecule has 1 aromatic carbocycles. The first-order chi connectivity index (χ1) is 11.6. The van der Waals surface area contributed by atoms with Gasteiger partial charge in [-0.25, -0.2) is 0 Å². The highest BCUT2D eigenvalue weighted by molar-refractivity contribution is 5.43. The predicted molar refractivity (Wildman–Crippen MR) is 97.7 cm³/mol. The molecule has 24 heavy (non-hydrogen) atoms. The molecule has 2 saturated heterocycles. The molecule has 0 amide bonds. The van der Waals surface area contributed by atoms with Crippen molar-refractivity contribution in [2.24, 2.45) is 5.92 Å². The van der Waals surface area contributed by atoms with Crippen molar-refractivity contribution < 1.29 is 9.47 Å². The molecule has 0 aliphatic carbocycles. The minimum Gasteiger partial charge on any atom is -0.493 e. The Morgan fingerprint density at radius 1 is 1.25 bits per heavy atom. The fourth-order valence-electron chi connectivity index (χ4n) is 3.87. The van der Waals surface area contributed by atoms with Crippen LogP contribution in [0.1, 0.15) is 25.8 Å². The van der Waals surface area contributed by atoms with Crippen LogP contribution >= 0.6 is 0 Å². The van der Waals surface area contributed by atoms with Crippen LogP contribution in [-0.4, -0.2) is 56.2 Å². The number of methoxy groups -OCH3 is 1. The van der Waals surface area contributed by atoms with Gasteiger partial charge in [0.15, 0.2) is 11.5 Å². The molecular weight excluding hydrogens is 300 g/mol. The number of hydrogen-bond acceptors (Lipinski definition) is 4. The zero-order valence-corrected chi connectivity index (χ0v) is 15.4. The fraction of sp³-hybridized carbons (Fsp3) is 0.600. The quantitative estimate of drug-likeness (QED) is 0.748. The van der Waals surface area contributed by atoms with E-state index in [1.165, 1.54) is 37.2 Å². The summed E-state index contributed by atoms with van der Waals surface area (Å²) in [6.07, 6.45) is 3.42. The summed E-state index contributed by atoms with van der Waals surface area (Å²) in [7, 11) is 3.97. The third-order valence-corrected chi connectivity index (χ3v) is 5.27. The predicted octanol–water partition coefficient (Wildman–Crippen LogP) is 3.18. The third-order valence-electron chi connectivity index (χ3n) is 5.27. The highest BCUT2D eigenvalue weighted by Gasteiger charge is 2.39. The van der Waals surface area contributed by atoms with Crippen molar-refractivity contribution in [3.05, 3.63) is 35.4 Å². The average molecular weight is 330 g/mol. The van der Waals surface area contributed by atoms with Crippen LogP contribution in [0, 0.1) is 5.92 Å². The Kier molecular flexibility index (Phi) is 5.47. The maximum atomic E-state index is 5.82. The second-order valence-electron chi connectivity index (χ2n) is 7.37. The first-order valence-electron chi connectivity index (χ1n) is 8.92. The van der Waals surface area contributed by atoms with Crippen molar-refractivity contribution in [1.82, 2.24) is 9.80 Å². The third kappa shape index (κ3) is 3.93. The van der Waals surface area contributed by atoms with E-state index in [9.17, 15) is 0 Å². The van der Waals surface area contributed by atoms with Gasteiger partial charge >= 0.3 is 0 Å². The lowest BCUT2D eigenvalue weighted by Gasteiger charge is -2.21. The highest BCUT2D eigenvalue weighted by Crippen LogP contribution is 2.33. The van der Waals surface area contributed by atoms with E-state index >= 15 is 0 Å². The van der Waals surface area contributed by atoms with Crippen LogP contribution in [0.3, 0.4) is 0 Å². The van der Waals surface area contributed by atoms with Gasteiger partial charge in [0, 0.05) is 25.7 Å². The van der Waals surface area contributed by atoms with Crippen molar-refractivity contribution >= 4 is 0 Å². The molecule has 0 N–H and O–H groups in total. The van der Waals surface area contributed by atoms with E-state index in [1.807, 2.05) is 6.07 Å². The lowest BCUT2D eigenvalue weighted by atomic mass is 10.1. The molecule has 0 bridgehead atoms. The van der Waals surface area contributed by atoms with Gasteiger partial charge in [0.25, 0.3) is 0 Å². The second kappa shape index (κ2) is 7.58. The van der Waals surface area contributed by atoms with Crippen LogP contribution in [0.4, 0.5) is 0 Å². The van der Waals surface area contributed by atoms with Gasteiger partial charge in [0.05, 0.1) is 7.11 Å². The zero-order valence-electron chi connectivity index (χ0n) is 15.4. The van der Waals surface area contributed by atoms with Crippen molar-refractivity contribution in [2.75, 3.05) is 40.4 Å². The molecule has 2 fully saturated rings. The summed E-state index contributed by atoms with van der Waals surface area (Å²) in [5, 5.41) is 0. The summed E-state index contributed by atoms with van der Waals surface area (Å²) in [4.78, 5) is 5.09. The molecule has 0 radical (unpaired) electrons. The van der Waals surface area contributed by atoms with E-state index in [1.54, 1.807) is 7.11 Å². The monoisotopic (exact) mass is 330 g/mol. The SMILES string of the molecule is COc1cc(CN2C[C@@H]3CCN(C)[C@@H]3C2)ccc1OCC=C(C)C. The van der Waals surface area contributed by atoms with Gasteiger partial charge in [-0.3, -0.25) is 4.90 Å². The minimum atomic E-state index is 0.583. The standard InChI is InChI=1S/C20H30N2O2/c1-15(2)8-10-24-19-6-5-16(11-20(19)23-4)12-22-13-17-7-9-21(3)18(17)14-22/h5-6,8,11,17-18H,7,9-10,12-14H2,1-4H3/t17-,18+/m0/s1. The van der Waals surface area contributed by atoms with Crippen molar-refractivity contribution in [2.45, 2.75) is 32.9 Å². The van der Waals surface area contributed by atoms with E-state index in [2.05, 4.69) is 48.9 Å². The van der Waals surface area contributed by atoms with Gasteiger partial charge in [0.2, 0.25) is 0 Å². The van der Waals surface area contributed by atoms with Gasteiger partial charge in [-0.1, -0.05) is 11.6 Å². The van der Waals surface area contributed by atoms with Crippen molar-refractivity contribution in [3.63, 3.8) is 0 Å². The van der Waals surface area contributed by atoms with Crippen molar-refractivity contribution in [3.8, 4) is 11.5 Å². The van der Waals surface area contributed by atoms with Crippen LogP contribution in [0.5, 0.6) is 11.5 Å². The number of ether oxygens (including phenoxy) is 2. The van der Waals surface area contributed by atoms with Crippen LogP contribution in [0.2, 0.25) is 0 Å². The molecule has 4 heteroatoms. The number of rotatable bonds is 6. The minimum absolute atomic E-state index is 0.583. The van der Waals surface area contributed by atoms with E-state index in [4.69, 9.17) is 9.47 Å². The average Bonchev–Trinajstić information content (AvgIpc) is 3.10. The zero-order chi connectivity index (χ0) is 17.1. The lowest BCUT2D eigenvalue weighted by molar-refractivity contribution is 0.255. The smallest absolute Gasteiger partial charge is 0.161 e. The molecule has 132 valence electrons. The topological polar surface area (TPSA) is 24.9 Å². The Bertz CT molecular complexity index is 595. The Labute approximate surface area is 146 Å². The number of likely N-dealkylation sites (tertiary alicyclic amines) is 2. The number of nitrogens with zero attached hydrogens (tertiary/aromatic N) is 2. The van der Waals surface area contributed by atoms with Gasteiger partial charge in [-0.15, -0.1) is 0 Å². The number of hydrogen-bond donors (Lipinski definition) is 0. The molecule has 2 atom stereocenters. The second-order valence-corrected chi connectivity index (χ2v) is 7.37. The summed E-state index contributed by atoms with van der Waals surface area (Å²) in [6, 6.07) is 7.07. The molecule has 2 aliphatic heterocycles. The van der Waals surface area contributed by atoms with Crippen LogP contribution < -0.4 is 9.47 Å². The van der Waals surface area contributed by atoms with Crippen LogP contribution in [0.25, 0.3) is 0 Å². The lowest BCUT2D eigenvalue weighted by Crippen LogP contribution is -2.31.